The molecule has 1 unspecified atom stereocenters. The second kappa shape index (κ2) is 4.81. The molecule has 0 amide bonds. The van der Waals surface area contributed by atoms with Crippen molar-refractivity contribution in [3.8, 4) is 5.75 Å². The zero-order valence-electron chi connectivity index (χ0n) is 8.30. The second-order valence-corrected chi connectivity index (χ2v) is 4.09. The zero-order chi connectivity index (χ0) is 10.7. The molecule has 0 bridgehead atoms. The van der Waals surface area contributed by atoms with Gasteiger partial charge in [0.15, 0.2) is 0 Å². The predicted molar refractivity (Wildman–Crippen MR) is 57.9 cm³/mol. The topological polar surface area (TPSA) is 21.3 Å². The fourth-order valence-electron chi connectivity index (χ4n) is 1.68. The molecule has 1 heterocycles. The van der Waals surface area contributed by atoms with Crippen LogP contribution in [0.5, 0.6) is 5.75 Å². The molecule has 2 rings (SSSR count). The molecule has 0 radical (unpaired) electrons. The molecule has 1 N–H and O–H groups in total. The normalized spacial score (nSPS) is 20.5. The van der Waals surface area contributed by atoms with Crippen LogP contribution in [0.15, 0.2) is 18.2 Å². The Morgan fingerprint density at radius 1 is 1.53 bits per heavy atom. The number of hydrogen-bond donors (Lipinski definition) is 1. The highest BCUT2D eigenvalue weighted by atomic mass is 35.5. The molecule has 1 aromatic rings. The zero-order valence-corrected chi connectivity index (χ0v) is 9.06. The molecule has 15 heavy (non-hydrogen) atoms. The highest BCUT2D eigenvalue weighted by molar-refractivity contribution is 6.32. The van der Waals surface area contributed by atoms with Crippen LogP contribution in [0, 0.1) is 5.82 Å². The van der Waals surface area contributed by atoms with Gasteiger partial charge in [-0.25, -0.2) is 4.39 Å². The van der Waals surface area contributed by atoms with E-state index in [0.717, 1.165) is 13.0 Å². The summed E-state index contributed by atoms with van der Waals surface area (Å²) >= 11 is 5.83. The molecular formula is C11H13ClFNO. The van der Waals surface area contributed by atoms with Crippen molar-refractivity contribution >= 4 is 11.6 Å². The van der Waals surface area contributed by atoms with Crippen LogP contribution in [-0.4, -0.2) is 19.2 Å². The average Bonchev–Trinajstić information content (AvgIpc) is 2.69. The van der Waals surface area contributed by atoms with Crippen LogP contribution in [-0.2, 0) is 0 Å². The summed E-state index contributed by atoms with van der Waals surface area (Å²) < 4.78 is 18.3. The Morgan fingerprint density at radius 2 is 2.40 bits per heavy atom. The van der Waals surface area contributed by atoms with Gasteiger partial charge in [0.25, 0.3) is 0 Å². The van der Waals surface area contributed by atoms with Crippen LogP contribution >= 0.6 is 11.6 Å². The fourth-order valence-corrected chi connectivity index (χ4v) is 1.90. The SMILES string of the molecule is Fc1ccc(OCC2CCCN2)c(Cl)c1. The van der Waals surface area contributed by atoms with Gasteiger partial charge in [-0.2, -0.15) is 0 Å². The number of nitrogens with one attached hydrogen (secondary N) is 1. The average molecular weight is 230 g/mol. The Hall–Kier alpha value is -0.800. The Labute approximate surface area is 93.4 Å². The standard InChI is InChI=1S/C11H13ClFNO/c12-10-6-8(13)3-4-11(10)15-7-9-2-1-5-14-9/h3-4,6,9,14H,1-2,5,7H2. The molecule has 0 saturated carbocycles. The van der Waals surface area contributed by atoms with Crippen LogP contribution in [0.3, 0.4) is 0 Å². The first kappa shape index (κ1) is 10.7. The maximum atomic E-state index is 12.7. The monoisotopic (exact) mass is 229 g/mol. The highest BCUT2D eigenvalue weighted by Gasteiger charge is 2.15. The Bertz CT molecular complexity index is 339. The van der Waals surface area contributed by atoms with Gasteiger partial charge in [0.2, 0.25) is 0 Å². The number of benzene rings is 1. The smallest absolute Gasteiger partial charge is 0.138 e. The third-order valence-electron chi connectivity index (χ3n) is 2.50. The van der Waals surface area contributed by atoms with Crippen molar-refractivity contribution in [3.63, 3.8) is 0 Å². The van der Waals surface area contributed by atoms with E-state index in [2.05, 4.69) is 5.32 Å². The van der Waals surface area contributed by atoms with Crippen molar-refractivity contribution in [2.75, 3.05) is 13.2 Å². The number of rotatable bonds is 3. The van der Waals surface area contributed by atoms with E-state index in [1.807, 2.05) is 0 Å². The van der Waals surface area contributed by atoms with E-state index < -0.39 is 0 Å². The van der Waals surface area contributed by atoms with Crippen molar-refractivity contribution in [1.82, 2.24) is 5.32 Å². The lowest BCUT2D eigenvalue weighted by molar-refractivity contribution is 0.277. The summed E-state index contributed by atoms with van der Waals surface area (Å²) in [5.74, 6) is 0.207. The maximum Gasteiger partial charge on any atom is 0.138 e. The van der Waals surface area contributed by atoms with Crippen LogP contribution in [0.25, 0.3) is 0 Å². The van der Waals surface area contributed by atoms with Crippen LogP contribution in [0.1, 0.15) is 12.8 Å². The Balaban J connectivity index is 1.92. The van der Waals surface area contributed by atoms with Crippen molar-refractivity contribution < 1.29 is 9.13 Å². The second-order valence-electron chi connectivity index (χ2n) is 3.68. The third-order valence-corrected chi connectivity index (χ3v) is 2.79. The van der Waals surface area contributed by atoms with E-state index >= 15 is 0 Å². The van der Waals surface area contributed by atoms with Crippen LogP contribution in [0.4, 0.5) is 4.39 Å². The van der Waals surface area contributed by atoms with Crippen LogP contribution in [0.2, 0.25) is 5.02 Å². The maximum absolute atomic E-state index is 12.7. The first-order valence-corrected chi connectivity index (χ1v) is 5.45. The minimum absolute atomic E-state index is 0.327. The van der Waals surface area contributed by atoms with Gasteiger partial charge in [-0.15, -0.1) is 0 Å². The molecule has 1 saturated heterocycles. The number of ether oxygens (including phenoxy) is 1. The summed E-state index contributed by atoms with van der Waals surface area (Å²) in [6.07, 6.45) is 2.31. The first-order valence-electron chi connectivity index (χ1n) is 5.07. The highest BCUT2D eigenvalue weighted by Crippen LogP contribution is 2.25. The van der Waals surface area contributed by atoms with Crippen molar-refractivity contribution in [1.29, 1.82) is 0 Å². The molecule has 2 nitrogen and oxygen atoms in total. The molecule has 0 spiro atoms. The van der Waals surface area contributed by atoms with Gasteiger partial charge < -0.3 is 10.1 Å². The quantitative estimate of drug-likeness (QED) is 0.861. The lowest BCUT2D eigenvalue weighted by atomic mass is 10.2. The first-order chi connectivity index (χ1) is 7.25. The minimum atomic E-state index is -0.341. The van der Waals surface area contributed by atoms with Gasteiger partial charge in [-0.3, -0.25) is 0 Å². The Morgan fingerprint density at radius 3 is 3.07 bits per heavy atom. The number of halogens is 2. The molecule has 1 fully saturated rings. The molecule has 1 aliphatic heterocycles. The van der Waals surface area contributed by atoms with Gasteiger partial charge in [-0.1, -0.05) is 11.6 Å². The van der Waals surface area contributed by atoms with E-state index in [1.165, 1.54) is 18.6 Å². The molecule has 82 valence electrons. The van der Waals surface area contributed by atoms with Crippen molar-refractivity contribution in [3.05, 3.63) is 29.0 Å². The van der Waals surface area contributed by atoms with Crippen molar-refractivity contribution in [2.24, 2.45) is 0 Å². The molecule has 4 heteroatoms. The van der Waals surface area contributed by atoms with Gasteiger partial charge in [0, 0.05) is 6.04 Å². The molecule has 1 atom stereocenters. The van der Waals surface area contributed by atoms with Gasteiger partial charge in [0.05, 0.1) is 5.02 Å². The summed E-state index contributed by atoms with van der Waals surface area (Å²) in [4.78, 5) is 0. The molecule has 1 aliphatic rings. The van der Waals surface area contributed by atoms with E-state index in [4.69, 9.17) is 16.3 Å². The third kappa shape index (κ3) is 2.83. The lowest BCUT2D eigenvalue weighted by Gasteiger charge is -2.12. The minimum Gasteiger partial charge on any atom is -0.490 e. The van der Waals surface area contributed by atoms with E-state index in [-0.39, 0.29) is 5.82 Å². The lowest BCUT2D eigenvalue weighted by Crippen LogP contribution is -2.28. The predicted octanol–water partition coefficient (Wildman–Crippen LogP) is 2.61. The summed E-state index contributed by atoms with van der Waals surface area (Å²) in [5, 5.41) is 3.64. The molecule has 0 aliphatic carbocycles. The summed E-state index contributed by atoms with van der Waals surface area (Å²) in [6, 6.07) is 4.57. The summed E-state index contributed by atoms with van der Waals surface area (Å²) in [7, 11) is 0. The molecule has 1 aromatic carbocycles. The molecular weight excluding hydrogens is 217 g/mol. The Kier molecular flexibility index (Phi) is 3.44. The summed E-state index contributed by atoms with van der Waals surface area (Å²) in [5.41, 5.74) is 0. The summed E-state index contributed by atoms with van der Waals surface area (Å²) in [6.45, 7) is 1.64. The van der Waals surface area contributed by atoms with E-state index in [0.29, 0.717) is 23.4 Å². The largest absolute Gasteiger partial charge is 0.490 e. The van der Waals surface area contributed by atoms with Gasteiger partial charge >= 0.3 is 0 Å². The van der Waals surface area contributed by atoms with Crippen LogP contribution < -0.4 is 10.1 Å². The van der Waals surface area contributed by atoms with Crippen molar-refractivity contribution in [2.45, 2.75) is 18.9 Å². The van der Waals surface area contributed by atoms with E-state index in [9.17, 15) is 4.39 Å². The molecule has 0 aromatic heterocycles. The van der Waals surface area contributed by atoms with Gasteiger partial charge in [0.1, 0.15) is 18.2 Å². The van der Waals surface area contributed by atoms with E-state index in [1.54, 1.807) is 6.07 Å². The van der Waals surface area contributed by atoms with Gasteiger partial charge in [-0.05, 0) is 37.6 Å². The number of hydrogen-bond acceptors (Lipinski definition) is 2. The fraction of sp³-hybridized carbons (Fsp3) is 0.455.